The first-order chi connectivity index (χ1) is 13.7. The highest BCUT2D eigenvalue weighted by molar-refractivity contribution is 7.98. The number of thioether (sulfide) groups is 1. The van der Waals surface area contributed by atoms with E-state index in [1.165, 1.54) is 0 Å². The van der Waals surface area contributed by atoms with Crippen molar-refractivity contribution in [2.24, 2.45) is 0 Å². The summed E-state index contributed by atoms with van der Waals surface area (Å²) in [5.74, 6) is 2.83. The van der Waals surface area contributed by atoms with E-state index in [2.05, 4.69) is 10.2 Å². The number of benzene rings is 2. The number of methoxy groups -OCH3 is 1. The lowest BCUT2D eigenvalue weighted by Crippen LogP contribution is -2.02. The van der Waals surface area contributed by atoms with Crippen molar-refractivity contribution >= 4 is 23.4 Å². The van der Waals surface area contributed by atoms with Crippen LogP contribution in [0.1, 0.15) is 11.1 Å². The number of para-hydroxylation sites is 1. The molecule has 0 saturated heterocycles. The summed E-state index contributed by atoms with van der Waals surface area (Å²) in [6.07, 6.45) is 1.63. The van der Waals surface area contributed by atoms with Crippen LogP contribution in [0.3, 0.4) is 0 Å². The maximum absolute atomic E-state index is 6.27. The summed E-state index contributed by atoms with van der Waals surface area (Å²) < 4.78 is 13.0. The van der Waals surface area contributed by atoms with Gasteiger partial charge in [-0.25, -0.2) is 0 Å². The van der Waals surface area contributed by atoms with Gasteiger partial charge in [-0.3, -0.25) is 4.57 Å². The topological polar surface area (TPSA) is 53.1 Å². The van der Waals surface area contributed by atoms with Crippen LogP contribution in [-0.2, 0) is 5.75 Å². The lowest BCUT2D eigenvalue weighted by Gasteiger charge is -2.13. The predicted octanol–water partition coefficient (Wildman–Crippen LogP) is 5.79. The zero-order valence-corrected chi connectivity index (χ0v) is 17.0. The van der Waals surface area contributed by atoms with Crippen molar-refractivity contribution in [2.45, 2.75) is 17.8 Å². The van der Waals surface area contributed by atoms with Gasteiger partial charge in [0.15, 0.2) is 10.9 Å². The first kappa shape index (κ1) is 18.7. The highest BCUT2D eigenvalue weighted by Gasteiger charge is 2.20. The van der Waals surface area contributed by atoms with Gasteiger partial charge in [-0.2, -0.15) is 0 Å². The number of aromatic nitrogens is 3. The summed E-state index contributed by atoms with van der Waals surface area (Å²) in [5.41, 5.74) is 3.08. The van der Waals surface area contributed by atoms with Crippen LogP contribution < -0.4 is 4.74 Å². The van der Waals surface area contributed by atoms with Crippen LogP contribution in [0.2, 0.25) is 5.02 Å². The van der Waals surface area contributed by atoms with Crippen molar-refractivity contribution in [3.05, 3.63) is 77.0 Å². The Labute approximate surface area is 172 Å². The van der Waals surface area contributed by atoms with E-state index in [0.717, 1.165) is 27.7 Å². The second-order valence-corrected chi connectivity index (χ2v) is 7.53. The highest BCUT2D eigenvalue weighted by Crippen LogP contribution is 2.33. The minimum absolute atomic E-state index is 0.637. The number of ether oxygens (including phenoxy) is 1. The fourth-order valence-electron chi connectivity index (χ4n) is 2.93. The van der Waals surface area contributed by atoms with Crippen LogP contribution >= 0.6 is 23.4 Å². The smallest absolute Gasteiger partial charge is 0.205 e. The number of rotatable bonds is 6. The number of hydrogen-bond donors (Lipinski definition) is 0. The quantitative estimate of drug-likeness (QED) is 0.376. The summed E-state index contributed by atoms with van der Waals surface area (Å²) in [4.78, 5) is 0. The van der Waals surface area contributed by atoms with E-state index in [1.54, 1.807) is 25.1 Å². The zero-order chi connectivity index (χ0) is 19.5. The lowest BCUT2D eigenvalue weighted by atomic mass is 10.2. The van der Waals surface area contributed by atoms with E-state index in [1.807, 2.05) is 66.1 Å². The molecule has 0 spiro atoms. The second kappa shape index (κ2) is 8.12. The average Bonchev–Trinajstić information content (AvgIpc) is 3.38. The van der Waals surface area contributed by atoms with Crippen molar-refractivity contribution in [3.63, 3.8) is 0 Å². The molecular formula is C21H18ClN3O2S. The molecule has 0 radical (unpaired) electrons. The molecule has 4 rings (SSSR count). The van der Waals surface area contributed by atoms with Crippen molar-refractivity contribution in [1.29, 1.82) is 0 Å². The van der Waals surface area contributed by atoms with Crippen molar-refractivity contribution in [2.75, 3.05) is 7.11 Å². The van der Waals surface area contributed by atoms with E-state index in [9.17, 15) is 0 Å². The molecule has 0 amide bonds. The molecule has 0 bridgehead atoms. The van der Waals surface area contributed by atoms with E-state index >= 15 is 0 Å². The summed E-state index contributed by atoms with van der Waals surface area (Å²) in [6.45, 7) is 2.03. The molecule has 0 fully saturated rings. The molecule has 5 nitrogen and oxygen atoms in total. The minimum Gasteiger partial charge on any atom is -0.496 e. The monoisotopic (exact) mass is 411 g/mol. The molecule has 0 unspecified atom stereocenters. The van der Waals surface area contributed by atoms with Crippen molar-refractivity contribution < 1.29 is 9.15 Å². The van der Waals surface area contributed by atoms with Gasteiger partial charge in [-0.05, 0) is 42.8 Å². The summed E-state index contributed by atoms with van der Waals surface area (Å²) in [5, 5.41) is 10.2. The maximum Gasteiger partial charge on any atom is 0.205 e. The highest BCUT2D eigenvalue weighted by atomic mass is 35.5. The molecule has 0 aliphatic rings. The largest absolute Gasteiger partial charge is 0.496 e. The SMILES string of the molecule is COc1ccccc1CSc1nnc(-c2ccco2)n1-c1cc(Cl)ccc1C. The number of halogens is 1. The molecule has 0 N–H and O–H groups in total. The van der Waals surface area contributed by atoms with Crippen LogP contribution in [0.4, 0.5) is 0 Å². The minimum atomic E-state index is 0.637. The van der Waals surface area contributed by atoms with Gasteiger partial charge in [0.1, 0.15) is 5.75 Å². The molecule has 2 heterocycles. The summed E-state index contributed by atoms with van der Waals surface area (Å²) in [7, 11) is 1.68. The fourth-order valence-corrected chi connectivity index (χ4v) is 4.04. The molecule has 0 aliphatic heterocycles. The molecule has 2 aromatic carbocycles. The van der Waals surface area contributed by atoms with Crippen molar-refractivity contribution in [3.8, 4) is 23.0 Å². The van der Waals surface area contributed by atoms with Gasteiger partial charge in [-0.15, -0.1) is 10.2 Å². The van der Waals surface area contributed by atoms with Crippen LogP contribution in [0, 0.1) is 6.92 Å². The van der Waals surface area contributed by atoms with E-state index in [-0.39, 0.29) is 0 Å². The summed E-state index contributed by atoms with van der Waals surface area (Å²) in [6, 6.07) is 17.4. The Hall–Kier alpha value is -2.70. The van der Waals surface area contributed by atoms with Crippen LogP contribution in [0.5, 0.6) is 5.75 Å². The molecule has 4 aromatic rings. The third-order valence-corrected chi connectivity index (χ3v) is 5.55. The number of furan rings is 1. The Bertz CT molecular complexity index is 1090. The molecule has 28 heavy (non-hydrogen) atoms. The molecular weight excluding hydrogens is 394 g/mol. The van der Waals surface area contributed by atoms with Gasteiger partial charge in [0.2, 0.25) is 5.82 Å². The Balaban J connectivity index is 1.76. The van der Waals surface area contributed by atoms with Gasteiger partial charge >= 0.3 is 0 Å². The van der Waals surface area contributed by atoms with Crippen LogP contribution in [0.15, 0.2) is 70.4 Å². The molecule has 0 atom stereocenters. The normalized spacial score (nSPS) is 11.0. The number of nitrogens with zero attached hydrogens (tertiary/aromatic N) is 3. The van der Waals surface area contributed by atoms with Crippen molar-refractivity contribution in [1.82, 2.24) is 14.8 Å². The van der Waals surface area contributed by atoms with Gasteiger partial charge in [0, 0.05) is 16.3 Å². The summed E-state index contributed by atoms with van der Waals surface area (Å²) >= 11 is 7.86. The predicted molar refractivity (Wildman–Crippen MR) is 111 cm³/mol. The Morgan fingerprint density at radius 3 is 2.75 bits per heavy atom. The molecule has 0 aliphatic carbocycles. The Morgan fingerprint density at radius 1 is 1.11 bits per heavy atom. The number of aryl methyl sites for hydroxylation is 1. The molecule has 2 aromatic heterocycles. The lowest BCUT2D eigenvalue weighted by molar-refractivity contribution is 0.411. The van der Waals surface area contributed by atoms with Crippen LogP contribution in [-0.4, -0.2) is 21.9 Å². The molecule has 142 valence electrons. The fraction of sp³-hybridized carbons (Fsp3) is 0.143. The van der Waals surface area contributed by atoms with Gasteiger partial charge < -0.3 is 9.15 Å². The van der Waals surface area contributed by atoms with E-state index in [4.69, 9.17) is 20.8 Å². The Kier molecular flexibility index (Phi) is 5.41. The van der Waals surface area contributed by atoms with Gasteiger partial charge in [-0.1, -0.05) is 47.6 Å². The first-order valence-corrected chi connectivity index (χ1v) is 10.0. The van der Waals surface area contributed by atoms with Gasteiger partial charge in [0.25, 0.3) is 0 Å². The molecule has 0 saturated carbocycles. The Morgan fingerprint density at radius 2 is 1.96 bits per heavy atom. The first-order valence-electron chi connectivity index (χ1n) is 8.68. The average molecular weight is 412 g/mol. The number of hydrogen-bond acceptors (Lipinski definition) is 5. The van der Waals surface area contributed by atoms with E-state index in [0.29, 0.717) is 22.4 Å². The van der Waals surface area contributed by atoms with E-state index < -0.39 is 0 Å². The van der Waals surface area contributed by atoms with Crippen LogP contribution in [0.25, 0.3) is 17.3 Å². The molecule has 7 heteroatoms. The van der Waals surface area contributed by atoms with Gasteiger partial charge in [0.05, 0.1) is 19.1 Å². The third kappa shape index (κ3) is 3.66. The maximum atomic E-state index is 6.27. The standard InChI is InChI=1S/C21H18ClN3O2S/c1-14-9-10-16(22)12-17(14)25-20(19-8-5-11-27-19)23-24-21(25)28-13-15-6-3-4-7-18(15)26-2/h3-12H,13H2,1-2H3. The third-order valence-electron chi connectivity index (χ3n) is 4.34. The zero-order valence-electron chi connectivity index (χ0n) is 15.4. The second-order valence-electron chi connectivity index (χ2n) is 6.15.